The molecule has 0 fully saturated rings. The van der Waals surface area contributed by atoms with Crippen LogP contribution in [-0.4, -0.2) is 27.0 Å². The molecule has 5 heteroatoms. The highest BCUT2D eigenvalue weighted by atomic mass is 31.2. The summed E-state index contributed by atoms with van der Waals surface area (Å²) in [4.78, 5) is 0. The summed E-state index contributed by atoms with van der Waals surface area (Å²) in [6, 6.07) is 27.3. The molecule has 0 atom stereocenters. The quantitative estimate of drug-likeness (QED) is 0.243. The summed E-state index contributed by atoms with van der Waals surface area (Å²) >= 11 is 0. The second-order valence-corrected chi connectivity index (χ2v) is 9.99. The Hall–Kier alpha value is -2.39. The van der Waals surface area contributed by atoms with Gasteiger partial charge in [0.25, 0.3) is 0 Å². The van der Waals surface area contributed by atoms with Crippen LogP contribution in [0, 0.1) is 0 Å². The van der Waals surface area contributed by atoms with Crippen molar-refractivity contribution < 1.29 is 18.8 Å². The Morgan fingerprint density at radius 1 is 0.733 bits per heavy atom. The average Bonchev–Trinajstić information content (AvgIpc) is 2.81. The maximum absolute atomic E-state index is 14.0. The number of methoxy groups -OCH3 is 2. The molecule has 3 aromatic rings. The molecule has 30 heavy (non-hydrogen) atoms. The fourth-order valence-electron chi connectivity index (χ4n) is 3.52. The minimum Gasteiger partial charge on any atom is -0.493 e. The third-order valence-electron chi connectivity index (χ3n) is 5.07. The highest BCUT2D eigenvalue weighted by Gasteiger charge is 2.26. The van der Waals surface area contributed by atoms with Gasteiger partial charge >= 0.3 is 0 Å². The van der Waals surface area contributed by atoms with E-state index in [0.29, 0.717) is 12.8 Å². The number of rotatable bonds is 11. The van der Waals surface area contributed by atoms with E-state index in [2.05, 4.69) is 0 Å². The minimum absolute atomic E-state index is 0.461. The highest BCUT2D eigenvalue weighted by Crippen LogP contribution is 2.44. The summed E-state index contributed by atoms with van der Waals surface area (Å²) < 4.78 is 30.7. The molecule has 0 heterocycles. The van der Waals surface area contributed by atoms with Gasteiger partial charge in [-0.05, 0) is 18.9 Å². The van der Waals surface area contributed by atoms with E-state index >= 15 is 0 Å². The third kappa shape index (κ3) is 5.40. The molecule has 0 bridgehead atoms. The Balaban J connectivity index is 1.63. The van der Waals surface area contributed by atoms with Gasteiger partial charge in [-0.1, -0.05) is 78.9 Å². The predicted molar refractivity (Wildman–Crippen MR) is 123 cm³/mol. The number of para-hydroxylation sites is 1. The lowest BCUT2D eigenvalue weighted by molar-refractivity contribution is -0.107. The zero-order valence-electron chi connectivity index (χ0n) is 17.6. The van der Waals surface area contributed by atoms with Crippen LogP contribution >= 0.6 is 7.14 Å². The van der Waals surface area contributed by atoms with Crippen molar-refractivity contribution in [2.24, 2.45) is 0 Å². The van der Waals surface area contributed by atoms with Gasteiger partial charge < -0.3 is 18.8 Å². The summed E-state index contributed by atoms with van der Waals surface area (Å²) in [7, 11) is 0.547. The molecular formula is C25H29O4P. The minimum atomic E-state index is -2.67. The number of hydrogen-bond donors (Lipinski definition) is 0. The molecule has 3 aromatic carbocycles. The zero-order chi connectivity index (χ0) is 21.2. The number of benzene rings is 3. The third-order valence-corrected chi connectivity index (χ3v) is 8.28. The molecule has 4 nitrogen and oxygen atoms in total. The normalized spacial score (nSPS) is 11.6. The average molecular weight is 424 g/mol. The largest absolute Gasteiger partial charge is 0.493 e. The predicted octanol–water partition coefficient (Wildman–Crippen LogP) is 5.15. The smallest absolute Gasteiger partial charge is 0.186 e. The first kappa shape index (κ1) is 22.3. The molecule has 0 aliphatic heterocycles. The van der Waals surface area contributed by atoms with Gasteiger partial charge in [-0.3, -0.25) is 0 Å². The van der Waals surface area contributed by atoms with Crippen LogP contribution in [0.15, 0.2) is 84.9 Å². The SMILES string of the molecule is COC(OC)c1ccccc1OCCCCP(=O)(c1ccccc1)c1ccccc1. The van der Waals surface area contributed by atoms with Crippen LogP contribution in [0.2, 0.25) is 0 Å². The molecule has 0 spiro atoms. The van der Waals surface area contributed by atoms with E-state index < -0.39 is 13.4 Å². The van der Waals surface area contributed by atoms with E-state index in [-0.39, 0.29) is 0 Å². The maximum atomic E-state index is 14.0. The number of hydrogen-bond acceptors (Lipinski definition) is 4. The summed E-state index contributed by atoms with van der Waals surface area (Å²) in [5, 5.41) is 1.82. The van der Waals surface area contributed by atoms with E-state index in [1.165, 1.54) is 0 Å². The Morgan fingerprint density at radius 3 is 1.83 bits per heavy atom. The van der Waals surface area contributed by atoms with Crippen molar-refractivity contribution in [2.75, 3.05) is 27.0 Å². The summed E-state index contributed by atoms with van der Waals surface area (Å²) in [6.07, 6.45) is 1.77. The molecule has 0 N–H and O–H groups in total. The standard InChI is InChI=1S/C25H29O4P/c1-27-25(28-2)23-17-9-10-18-24(23)29-19-11-12-20-30(26,21-13-5-3-6-14-21)22-15-7-4-8-16-22/h3-10,13-18,25H,11-12,19-20H2,1-2H3. The first-order chi connectivity index (χ1) is 14.7. The molecule has 0 saturated heterocycles. The van der Waals surface area contributed by atoms with Crippen molar-refractivity contribution in [1.82, 2.24) is 0 Å². The van der Waals surface area contributed by atoms with Gasteiger partial charge in [0.05, 0.1) is 6.61 Å². The van der Waals surface area contributed by atoms with E-state index in [9.17, 15) is 4.57 Å². The molecule has 0 aromatic heterocycles. The van der Waals surface area contributed by atoms with Gasteiger partial charge in [0.15, 0.2) is 6.29 Å². The van der Waals surface area contributed by atoms with E-state index in [1.807, 2.05) is 84.9 Å². The first-order valence-corrected chi connectivity index (χ1v) is 12.1. The Kier molecular flexibility index (Phi) is 8.27. The van der Waals surface area contributed by atoms with Crippen molar-refractivity contribution in [2.45, 2.75) is 19.1 Å². The van der Waals surface area contributed by atoms with E-state index in [4.69, 9.17) is 14.2 Å². The lowest BCUT2D eigenvalue weighted by Crippen LogP contribution is -2.18. The highest BCUT2D eigenvalue weighted by molar-refractivity contribution is 7.78. The summed E-state index contributed by atoms with van der Waals surface area (Å²) in [6.45, 7) is 0.542. The second kappa shape index (κ2) is 11.1. The van der Waals surface area contributed by atoms with Gasteiger partial charge in [-0.25, -0.2) is 0 Å². The number of unbranched alkanes of at least 4 members (excludes halogenated alkanes) is 1. The van der Waals surface area contributed by atoms with Gasteiger partial charge in [0.1, 0.15) is 12.9 Å². The first-order valence-electron chi connectivity index (χ1n) is 10.2. The summed E-state index contributed by atoms with van der Waals surface area (Å²) in [5.41, 5.74) is 0.863. The van der Waals surface area contributed by atoms with Crippen molar-refractivity contribution in [1.29, 1.82) is 0 Å². The second-order valence-electron chi connectivity index (χ2n) is 7.03. The molecule has 158 valence electrons. The van der Waals surface area contributed by atoms with Crippen LogP contribution < -0.4 is 15.3 Å². The lowest BCUT2D eigenvalue weighted by atomic mass is 10.2. The van der Waals surface area contributed by atoms with Crippen molar-refractivity contribution in [3.05, 3.63) is 90.5 Å². The monoisotopic (exact) mass is 424 g/mol. The van der Waals surface area contributed by atoms with E-state index in [0.717, 1.165) is 34.8 Å². The van der Waals surface area contributed by atoms with Crippen LogP contribution in [0.25, 0.3) is 0 Å². The Labute approximate surface area is 179 Å². The maximum Gasteiger partial charge on any atom is 0.186 e. The number of ether oxygens (including phenoxy) is 3. The fraction of sp³-hybridized carbons (Fsp3) is 0.280. The van der Waals surface area contributed by atoms with Crippen LogP contribution in [0.1, 0.15) is 24.7 Å². The zero-order valence-corrected chi connectivity index (χ0v) is 18.5. The van der Waals surface area contributed by atoms with E-state index in [1.54, 1.807) is 14.2 Å². The lowest BCUT2D eigenvalue weighted by Gasteiger charge is -2.20. The van der Waals surface area contributed by atoms with Gasteiger partial charge in [-0.2, -0.15) is 0 Å². The van der Waals surface area contributed by atoms with Gasteiger partial charge in [-0.15, -0.1) is 0 Å². The van der Waals surface area contributed by atoms with Crippen LogP contribution in [0.5, 0.6) is 5.75 Å². The Morgan fingerprint density at radius 2 is 1.27 bits per heavy atom. The molecule has 0 unspecified atom stereocenters. The topological polar surface area (TPSA) is 44.8 Å². The van der Waals surface area contributed by atoms with Crippen LogP contribution in [-0.2, 0) is 14.0 Å². The van der Waals surface area contributed by atoms with Crippen molar-refractivity contribution in [3.63, 3.8) is 0 Å². The molecule has 0 radical (unpaired) electrons. The molecule has 0 saturated carbocycles. The van der Waals surface area contributed by atoms with Crippen molar-refractivity contribution >= 4 is 17.8 Å². The van der Waals surface area contributed by atoms with Crippen LogP contribution in [0.3, 0.4) is 0 Å². The molecule has 0 aliphatic carbocycles. The summed E-state index contributed by atoms with van der Waals surface area (Å²) in [5.74, 6) is 0.750. The van der Waals surface area contributed by atoms with Gasteiger partial charge in [0, 0.05) is 36.6 Å². The van der Waals surface area contributed by atoms with Crippen molar-refractivity contribution in [3.8, 4) is 5.75 Å². The molecule has 0 aliphatic rings. The van der Waals surface area contributed by atoms with Gasteiger partial charge in [0.2, 0.25) is 0 Å². The Bertz CT molecular complexity index is 896. The molecular weight excluding hydrogens is 395 g/mol. The molecule has 3 rings (SSSR count). The fourth-order valence-corrected chi connectivity index (χ4v) is 6.31. The van der Waals surface area contributed by atoms with Crippen LogP contribution in [0.4, 0.5) is 0 Å². The molecule has 0 amide bonds.